The highest BCUT2D eigenvalue weighted by atomic mass is 16.5. The normalized spacial score (nSPS) is 10.2. The van der Waals surface area contributed by atoms with Crippen LogP contribution in [0.4, 0.5) is 11.4 Å². The van der Waals surface area contributed by atoms with Crippen LogP contribution in [0.5, 0.6) is 28.7 Å². The molecule has 0 bridgehead atoms. The summed E-state index contributed by atoms with van der Waals surface area (Å²) in [4.78, 5) is 25.4. The number of carbonyl (C=O) groups is 2. The summed E-state index contributed by atoms with van der Waals surface area (Å²) in [6.45, 7) is 0. The van der Waals surface area contributed by atoms with Gasteiger partial charge in [-0.3, -0.25) is 9.59 Å². The van der Waals surface area contributed by atoms with Crippen molar-refractivity contribution in [2.45, 2.75) is 12.8 Å². The van der Waals surface area contributed by atoms with Gasteiger partial charge in [0.2, 0.25) is 11.7 Å². The molecule has 190 valence electrons. The molecule has 0 radical (unpaired) electrons. The summed E-state index contributed by atoms with van der Waals surface area (Å²) in [5, 5.41) is 5.67. The molecule has 0 fully saturated rings. The van der Waals surface area contributed by atoms with E-state index in [0.717, 1.165) is 5.56 Å². The Morgan fingerprint density at radius 1 is 0.667 bits per heavy atom. The summed E-state index contributed by atoms with van der Waals surface area (Å²) in [5.41, 5.74) is 2.13. The predicted octanol–water partition coefficient (Wildman–Crippen LogP) is 4.55. The number of carbonyl (C=O) groups excluding carboxylic acids is 2. The van der Waals surface area contributed by atoms with Gasteiger partial charge in [0.05, 0.1) is 46.9 Å². The van der Waals surface area contributed by atoms with Crippen LogP contribution in [0, 0.1) is 0 Å². The third kappa shape index (κ3) is 5.99. The number of benzene rings is 3. The van der Waals surface area contributed by atoms with Crippen LogP contribution in [0.3, 0.4) is 0 Å². The fourth-order valence-corrected chi connectivity index (χ4v) is 3.70. The Kier molecular flexibility index (Phi) is 8.99. The molecule has 3 rings (SSSR count). The fourth-order valence-electron chi connectivity index (χ4n) is 3.70. The minimum Gasteiger partial charge on any atom is -0.494 e. The highest BCUT2D eigenvalue weighted by Gasteiger charge is 2.19. The van der Waals surface area contributed by atoms with Gasteiger partial charge in [-0.2, -0.15) is 0 Å². The van der Waals surface area contributed by atoms with Crippen LogP contribution in [-0.4, -0.2) is 47.4 Å². The molecule has 36 heavy (non-hydrogen) atoms. The molecular formula is C27H30N2O7. The average molecular weight is 495 g/mol. The summed E-state index contributed by atoms with van der Waals surface area (Å²) in [6.07, 6.45) is 0.573. The molecule has 0 atom stereocenters. The molecule has 0 unspecified atom stereocenters. The van der Waals surface area contributed by atoms with E-state index in [-0.39, 0.29) is 18.2 Å². The van der Waals surface area contributed by atoms with Crippen LogP contribution >= 0.6 is 0 Å². The standard InChI is InChI=1S/C27H30N2O7/c1-32-21-13-11-17(25(35-4)26(21)36-5)12-14-24(30)28-19-15-23(34-3)20(16-22(19)33-2)29-27(31)18-9-7-6-8-10-18/h6-11,13,15-16H,12,14H2,1-5H3,(H,28,30)(H,29,31). The van der Waals surface area contributed by atoms with Gasteiger partial charge in [-0.05, 0) is 30.2 Å². The lowest BCUT2D eigenvalue weighted by molar-refractivity contribution is -0.116. The van der Waals surface area contributed by atoms with Crippen LogP contribution in [-0.2, 0) is 11.2 Å². The van der Waals surface area contributed by atoms with Crippen LogP contribution in [0.25, 0.3) is 0 Å². The first kappa shape index (κ1) is 26.2. The highest BCUT2D eigenvalue weighted by molar-refractivity contribution is 6.05. The number of nitrogens with one attached hydrogen (secondary N) is 2. The maximum Gasteiger partial charge on any atom is 0.255 e. The average Bonchev–Trinajstić information content (AvgIpc) is 2.91. The van der Waals surface area contributed by atoms with E-state index >= 15 is 0 Å². The number of hydrogen-bond donors (Lipinski definition) is 2. The van der Waals surface area contributed by atoms with Crippen molar-refractivity contribution in [3.63, 3.8) is 0 Å². The largest absolute Gasteiger partial charge is 0.494 e. The molecule has 0 heterocycles. The lowest BCUT2D eigenvalue weighted by atomic mass is 10.1. The van der Waals surface area contributed by atoms with Gasteiger partial charge in [-0.1, -0.05) is 24.3 Å². The quantitative estimate of drug-likeness (QED) is 0.403. The zero-order chi connectivity index (χ0) is 26.1. The van der Waals surface area contributed by atoms with Gasteiger partial charge in [0.15, 0.2) is 11.5 Å². The maximum atomic E-state index is 12.8. The first-order valence-electron chi connectivity index (χ1n) is 11.2. The smallest absolute Gasteiger partial charge is 0.255 e. The molecule has 3 aromatic rings. The van der Waals surface area contributed by atoms with Gasteiger partial charge in [-0.25, -0.2) is 0 Å². The van der Waals surface area contributed by atoms with Gasteiger partial charge >= 0.3 is 0 Å². The minimum atomic E-state index is -0.295. The lowest BCUT2D eigenvalue weighted by Crippen LogP contribution is -2.15. The van der Waals surface area contributed by atoms with Gasteiger partial charge in [0, 0.05) is 24.1 Å². The molecule has 9 heteroatoms. The molecule has 0 aliphatic heterocycles. The first-order chi connectivity index (χ1) is 17.4. The molecule has 2 N–H and O–H groups in total. The molecule has 0 aromatic heterocycles. The number of aryl methyl sites for hydroxylation is 1. The highest BCUT2D eigenvalue weighted by Crippen LogP contribution is 2.40. The van der Waals surface area contributed by atoms with E-state index in [2.05, 4.69) is 10.6 Å². The van der Waals surface area contributed by atoms with Crippen LogP contribution < -0.4 is 34.3 Å². The van der Waals surface area contributed by atoms with Crippen molar-refractivity contribution in [1.29, 1.82) is 0 Å². The summed E-state index contributed by atoms with van der Waals surface area (Å²) in [6, 6.07) is 15.6. The maximum absolute atomic E-state index is 12.8. The number of methoxy groups -OCH3 is 5. The zero-order valence-electron chi connectivity index (χ0n) is 21.0. The number of ether oxygens (including phenoxy) is 5. The molecule has 2 amide bonds. The van der Waals surface area contributed by atoms with E-state index in [1.54, 1.807) is 49.6 Å². The van der Waals surface area contributed by atoms with E-state index in [9.17, 15) is 9.59 Å². The SMILES string of the molecule is COc1cc(NC(=O)c2ccccc2)c(OC)cc1NC(=O)CCc1ccc(OC)c(OC)c1OC. The monoisotopic (exact) mass is 494 g/mol. The van der Waals surface area contributed by atoms with Crippen molar-refractivity contribution < 1.29 is 33.3 Å². The Morgan fingerprint density at radius 2 is 1.25 bits per heavy atom. The van der Waals surface area contributed by atoms with Crippen molar-refractivity contribution in [3.8, 4) is 28.7 Å². The van der Waals surface area contributed by atoms with Gasteiger partial charge < -0.3 is 34.3 Å². The van der Waals surface area contributed by atoms with Crippen molar-refractivity contribution in [2.24, 2.45) is 0 Å². The fraction of sp³-hybridized carbons (Fsp3) is 0.259. The second-order valence-electron chi connectivity index (χ2n) is 7.61. The van der Waals surface area contributed by atoms with Crippen molar-refractivity contribution in [3.05, 3.63) is 65.7 Å². The van der Waals surface area contributed by atoms with E-state index in [0.29, 0.717) is 52.1 Å². The third-order valence-electron chi connectivity index (χ3n) is 5.49. The van der Waals surface area contributed by atoms with E-state index in [1.165, 1.54) is 28.4 Å². The van der Waals surface area contributed by atoms with Crippen LogP contribution in [0.15, 0.2) is 54.6 Å². The van der Waals surface area contributed by atoms with Crippen molar-refractivity contribution in [1.82, 2.24) is 0 Å². The Morgan fingerprint density at radius 3 is 1.81 bits per heavy atom. The number of hydrogen-bond acceptors (Lipinski definition) is 7. The lowest BCUT2D eigenvalue weighted by Gasteiger charge is -2.17. The number of amides is 2. The zero-order valence-corrected chi connectivity index (χ0v) is 21.0. The molecule has 0 spiro atoms. The summed E-state index contributed by atoms with van der Waals surface area (Å²) in [5.74, 6) is 1.73. The Labute approximate surface area is 210 Å². The topological polar surface area (TPSA) is 104 Å². The molecule has 0 saturated carbocycles. The predicted molar refractivity (Wildman–Crippen MR) is 137 cm³/mol. The minimum absolute atomic E-state index is 0.170. The van der Waals surface area contributed by atoms with Crippen molar-refractivity contribution in [2.75, 3.05) is 46.2 Å². The molecular weight excluding hydrogens is 464 g/mol. The van der Waals surface area contributed by atoms with E-state index < -0.39 is 0 Å². The van der Waals surface area contributed by atoms with Gasteiger partial charge in [0.25, 0.3) is 5.91 Å². The van der Waals surface area contributed by atoms with Gasteiger partial charge in [-0.15, -0.1) is 0 Å². The van der Waals surface area contributed by atoms with E-state index in [4.69, 9.17) is 23.7 Å². The number of rotatable bonds is 11. The van der Waals surface area contributed by atoms with Crippen LogP contribution in [0.1, 0.15) is 22.3 Å². The number of anilines is 2. The Balaban J connectivity index is 1.75. The Hall–Kier alpha value is -4.40. The second kappa shape index (κ2) is 12.3. The Bertz CT molecular complexity index is 1210. The first-order valence-corrected chi connectivity index (χ1v) is 11.2. The van der Waals surface area contributed by atoms with Crippen molar-refractivity contribution >= 4 is 23.2 Å². The summed E-state index contributed by atoms with van der Waals surface area (Å²) < 4.78 is 27.1. The van der Waals surface area contributed by atoms with Crippen LogP contribution in [0.2, 0.25) is 0 Å². The molecule has 0 aliphatic rings. The van der Waals surface area contributed by atoms with Gasteiger partial charge in [0.1, 0.15) is 11.5 Å². The molecule has 3 aromatic carbocycles. The second-order valence-corrected chi connectivity index (χ2v) is 7.61. The van der Waals surface area contributed by atoms with E-state index in [1.807, 2.05) is 12.1 Å². The molecule has 0 saturated heterocycles. The molecule has 0 aliphatic carbocycles. The summed E-state index contributed by atoms with van der Waals surface area (Å²) in [7, 11) is 7.58. The summed E-state index contributed by atoms with van der Waals surface area (Å²) >= 11 is 0. The molecule has 9 nitrogen and oxygen atoms in total. The third-order valence-corrected chi connectivity index (χ3v) is 5.49.